The molecule has 16 aliphatic carbocycles. The molecule has 13 fully saturated rings. The quantitative estimate of drug-likeness (QED) is 0.264. The zero-order valence-electron chi connectivity index (χ0n) is 57.0. The van der Waals surface area contributed by atoms with Gasteiger partial charge in [-0.05, 0) is 381 Å². The summed E-state index contributed by atoms with van der Waals surface area (Å²) < 4.78 is 0. The van der Waals surface area contributed by atoms with Gasteiger partial charge in [0.05, 0.1) is 0 Å². The molecule has 0 aliphatic heterocycles. The molecule has 1 aromatic rings. The third-order valence-electron chi connectivity index (χ3n) is 32.0. The van der Waals surface area contributed by atoms with Crippen LogP contribution >= 0.6 is 0 Å². The molecule has 0 heterocycles. The summed E-state index contributed by atoms with van der Waals surface area (Å²) >= 11 is 0. The van der Waals surface area contributed by atoms with E-state index in [2.05, 4.69) is 85.7 Å². The number of allylic oxidation sites excluding steroid dienone is 4. The fourth-order valence-corrected chi connectivity index (χ4v) is 27.7. The number of fused-ring (bicyclic) bond motifs is 22. The first kappa shape index (κ1) is 61.2. The van der Waals surface area contributed by atoms with E-state index in [9.17, 15) is 0 Å². The van der Waals surface area contributed by atoms with Crippen molar-refractivity contribution in [3.8, 4) is 0 Å². The number of aryl methyl sites for hydroxylation is 1. The summed E-state index contributed by atoms with van der Waals surface area (Å²) in [4.78, 5) is 0. The summed E-state index contributed by atoms with van der Waals surface area (Å²) in [5.74, 6) is 30.2. The summed E-state index contributed by atoms with van der Waals surface area (Å²) in [7, 11) is 0. The van der Waals surface area contributed by atoms with Crippen molar-refractivity contribution >= 4 is 0 Å². The average Bonchev–Trinajstić information content (AvgIpc) is 1.98. The molecule has 25 unspecified atom stereocenters. The van der Waals surface area contributed by atoms with Gasteiger partial charge in [0.15, 0.2) is 0 Å². The second-order valence-electron chi connectivity index (χ2n) is 36.5. The second-order valence-corrected chi connectivity index (χ2v) is 36.5. The molecule has 16 aliphatic rings. The predicted molar refractivity (Wildman–Crippen MR) is 362 cm³/mol. The summed E-state index contributed by atoms with van der Waals surface area (Å²) in [5.41, 5.74) is 8.85. The molecule has 13 saturated carbocycles. The van der Waals surface area contributed by atoms with Crippen LogP contribution < -0.4 is 0 Å². The van der Waals surface area contributed by atoms with Crippen LogP contribution in [0.25, 0.3) is 0 Å². The van der Waals surface area contributed by atoms with Crippen LogP contribution in [0.2, 0.25) is 0 Å². The largest absolute Gasteiger partial charge is 0.0845 e. The molecule has 1 aromatic carbocycles. The van der Waals surface area contributed by atoms with Crippen molar-refractivity contribution in [3.63, 3.8) is 0 Å². The molecule has 474 valence electrons. The lowest BCUT2D eigenvalue weighted by atomic mass is 9.50. The molecule has 0 radical (unpaired) electrons. The topological polar surface area (TPSA) is 0 Å². The fourth-order valence-electron chi connectivity index (χ4n) is 27.7. The molecule has 85 heavy (non-hydrogen) atoms. The third-order valence-corrected chi connectivity index (χ3v) is 32.0. The fraction of sp³-hybridized carbons (Fsp3) is 0.882. The van der Waals surface area contributed by atoms with Crippen molar-refractivity contribution in [2.24, 2.45) is 160 Å². The van der Waals surface area contributed by atoms with E-state index >= 15 is 0 Å². The lowest BCUT2D eigenvalue weighted by Gasteiger charge is -2.55. The van der Waals surface area contributed by atoms with Gasteiger partial charge in [-0.3, -0.25) is 0 Å². The van der Waals surface area contributed by atoms with Crippen LogP contribution in [0.15, 0.2) is 41.5 Å². The Morgan fingerprint density at radius 3 is 1.45 bits per heavy atom. The maximum absolute atomic E-state index is 2.82. The molecule has 0 saturated heterocycles. The number of rotatable bonds is 4. The number of benzene rings is 1. The molecule has 0 nitrogen and oxygen atoms in total. The van der Waals surface area contributed by atoms with E-state index < -0.39 is 0 Å². The molecule has 0 heteroatoms. The summed E-state index contributed by atoms with van der Waals surface area (Å²) in [6.07, 6.45) is 64.2. The van der Waals surface area contributed by atoms with Crippen molar-refractivity contribution < 1.29 is 0 Å². The molecule has 0 aromatic heterocycles. The van der Waals surface area contributed by atoms with E-state index in [-0.39, 0.29) is 0 Å². The van der Waals surface area contributed by atoms with Gasteiger partial charge in [-0.15, -0.1) is 0 Å². The van der Waals surface area contributed by atoms with Gasteiger partial charge in [-0.2, -0.15) is 0 Å². The summed E-state index contributed by atoms with van der Waals surface area (Å²) in [5, 5.41) is 0. The van der Waals surface area contributed by atoms with E-state index in [4.69, 9.17) is 0 Å². The number of hydrogen-bond acceptors (Lipinski definition) is 0. The Bertz CT molecular complexity index is 2410. The molecule has 0 bridgehead atoms. The van der Waals surface area contributed by atoms with E-state index in [0.717, 1.165) is 166 Å². The van der Waals surface area contributed by atoms with Gasteiger partial charge in [-0.1, -0.05) is 148 Å². The van der Waals surface area contributed by atoms with Crippen molar-refractivity contribution in [1.82, 2.24) is 0 Å². The van der Waals surface area contributed by atoms with Crippen LogP contribution in [0.4, 0.5) is 0 Å². The van der Waals surface area contributed by atoms with Gasteiger partial charge in [0, 0.05) is 0 Å². The van der Waals surface area contributed by atoms with Crippen LogP contribution in [-0.4, -0.2) is 0 Å². The monoisotopic (exact) mass is 1160 g/mol. The maximum atomic E-state index is 2.82. The van der Waals surface area contributed by atoms with Crippen LogP contribution in [-0.2, 0) is 6.42 Å². The lowest BCUT2D eigenvalue weighted by molar-refractivity contribution is -0.0331. The SMILES string of the molecule is CC(C)C1C=C2CCC3C4CCCC4CCC3C2CC1.CC(C)C1CCC2C(CCC3C4CCC5CCCCC5C4=CCC23)C1.CC(C)C1CCC2C(CCC3C4CCCC4CCC23)C1.CC(C)c1ccc2c(c1)CCC1C2CCC2CCCC21. The van der Waals surface area contributed by atoms with Crippen molar-refractivity contribution in [2.75, 3.05) is 0 Å². The van der Waals surface area contributed by atoms with Crippen molar-refractivity contribution in [3.05, 3.63) is 58.2 Å². The number of hydrogen-bond donors (Lipinski definition) is 0. The Kier molecular flexibility index (Phi) is 19.3. The van der Waals surface area contributed by atoms with Gasteiger partial charge in [0.25, 0.3) is 0 Å². The molecular formula is C85H134. The van der Waals surface area contributed by atoms with Gasteiger partial charge in [0.2, 0.25) is 0 Å². The normalized spacial score (nSPS) is 46.2. The van der Waals surface area contributed by atoms with Gasteiger partial charge >= 0.3 is 0 Å². The summed E-state index contributed by atoms with van der Waals surface area (Å²) in [6, 6.07) is 7.43. The first-order chi connectivity index (χ1) is 41.4. The van der Waals surface area contributed by atoms with Crippen molar-refractivity contribution in [1.29, 1.82) is 0 Å². The molecule has 0 amide bonds. The van der Waals surface area contributed by atoms with Crippen LogP contribution in [0.3, 0.4) is 0 Å². The minimum atomic E-state index is 0.670. The molecule has 0 N–H and O–H groups in total. The smallest absolute Gasteiger partial charge is 0.0128 e. The minimum Gasteiger partial charge on any atom is -0.0845 e. The average molecular weight is 1160 g/mol. The van der Waals surface area contributed by atoms with E-state index in [1.54, 1.807) is 159 Å². The first-order valence-electron chi connectivity index (χ1n) is 40.0. The molecule has 17 rings (SSSR count). The van der Waals surface area contributed by atoms with E-state index in [1.807, 2.05) is 11.1 Å². The van der Waals surface area contributed by atoms with E-state index in [0.29, 0.717) is 5.92 Å². The second kappa shape index (κ2) is 26.7. The highest BCUT2D eigenvalue weighted by Crippen LogP contribution is 2.63. The van der Waals surface area contributed by atoms with Crippen LogP contribution in [0.5, 0.6) is 0 Å². The standard InChI is InChI=1S/C25H40.C20H34.C20H32.C20H28/c1-16(2)18-8-10-21-19(15-18)9-12-25-23(21)14-13-22-20-6-4-3-5-17(20)7-11-24(22)25;3*1-13(2)15-7-9-18-16(12-15)8-11-19-17-5-3-4-14(17)6-10-20(18)19/h13,16-21,23-25H,3-12,14-15H2,1-2H3;13-20H,3-12H2,1-2H3;12-15,17-20H,3-11H2,1-2H3;7,9,12-14,17,19-20H,3-6,8,10-11H2,1-2H3. The highest BCUT2D eigenvalue weighted by atomic mass is 14.6. The Balaban J connectivity index is 0.000000101. The van der Waals surface area contributed by atoms with Crippen LogP contribution in [0, 0.1) is 160 Å². The predicted octanol–water partition coefficient (Wildman–Crippen LogP) is 24.7. The van der Waals surface area contributed by atoms with Crippen molar-refractivity contribution in [2.45, 2.75) is 311 Å². The highest BCUT2D eigenvalue weighted by molar-refractivity contribution is 5.39. The Morgan fingerprint density at radius 2 is 0.812 bits per heavy atom. The third kappa shape index (κ3) is 12.4. The molecule has 0 spiro atoms. The summed E-state index contributed by atoms with van der Waals surface area (Å²) in [6.45, 7) is 19.3. The van der Waals surface area contributed by atoms with E-state index in [1.165, 1.54) is 102 Å². The Hall–Kier alpha value is -1.30. The lowest BCUT2D eigenvalue weighted by Crippen LogP contribution is -2.46. The molecular weight excluding hydrogens is 1020 g/mol. The minimum absolute atomic E-state index is 0.670. The first-order valence-corrected chi connectivity index (χ1v) is 40.0. The van der Waals surface area contributed by atoms with Crippen LogP contribution in [0.1, 0.15) is 321 Å². The Labute approximate surface area is 526 Å². The maximum Gasteiger partial charge on any atom is -0.0128 e. The zero-order chi connectivity index (χ0) is 58.0. The van der Waals surface area contributed by atoms with Gasteiger partial charge < -0.3 is 0 Å². The zero-order valence-corrected chi connectivity index (χ0v) is 57.0. The van der Waals surface area contributed by atoms with Gasteiger partial charge in [0.1, 0.15) is 0 Å². The Morgan fingerprint density at radius 1 is 0.329 bits per heavy atom. The van der Waals surface area contributed by atoms with Gasteiger partial charge in [-0.25, -0.2) is 0 Å². The highest BCUT2D eigenvalue weighted by Gasteiger charge is 2.53. The molecule has 25 atom stereocenters.